The quantitative estimate of drug-likeness (QED) is 0.234. The lowest BCUT2D eigenvalue weighted by molar-refractivity contribution is 0.0948. The zero-order valence-corrected chi connectivity index (χ0v) is 18.7. The number of nitrogens with two attached hydrogens (primary N) is 1. The minimum atomic E-state index is -4.00. The van der Waals surface area contributed by atoms with Crippen molar-refractivity contribution in [3.05, 3.63) is 60.3 Å². The average molecular weight is 457 g/mol. The number of hydrogen-bond donors (Lipinski definition) is 2. The number of likely N-dealkylation sites (tertiary alicyclic amines) is 1. The van der Waals surface area contributed by atoms with Crippen molar-refractivity contribution in [2.75, 3.05) is 26.2 Å². The molecule has 0 atom stereocenters. The van der Waals surface area contributed by atoms with E-state index >= 15 is 0 Å². The zero-order valence-electron chi connectivity index (χ0n) is 17.9. The van der Waals surface area contributed by atoms with Crippen LogP contribution in [-0.2, 0) is 10.0 Å². The van der Waals surface area contributed by atoms with Gasteiger partial charge >= 0.3 is 0 Å². The SMILES string of the molecule is NNC(=O)c1cc2cc(OCCCN3CCCCC3)ccc2n1S(=O)(=O)c1ccccc1. The number of aromatic nitrogens is 1. The largest absolute Gasteiger partial charge is 0.494 e. The van der Waals surface area contributed by atoms with Crippen LogP contribution in [0.2, 0.25) is 0 Å². The van der Waals surface area contributed by atoms with Gasteiger partial charge < -0.3 is 9.64 Å². The standard InChI is InChI=1S/C23H28N4O4S/c24-25-23(28)22-17-18-16-19(31-15-7-14-26-12-5-2-6-13-26)10-11-21(18)27(22)32(29,30)20-8-3-1-4-9-20/h1,3-4,8-11,16-17H,2,5-7,12-15,24H2,(H,25,28). The van der Waals surface area contributed by atoms with Gasteiger partial charge in [-0.25, -0.2) is 18.2 Å². The van der Waals surface area contributed by atoms with Crippen molar-refractivity contribution in [3.8, 4) is 5.75 Å². The van der Waals surface area contributed by atoms with E-state index in [2.05, 4.69) is 4.90 Å². The van der Waals surface area contributed by atoms with E-state index in [4.69, 9.17) is 10.6 Å². The molecule has 1 aliphatic rings. The number of hydrogen-bond acceptors (Lipinski definition) is 6. The van der Waals surface area contributed by atoms with Gasteiger partial charge in [0.2, 0.25) is 0 Å². The van der Waals surface area contributed by atoms with E-state index in [0.29, 0.717) is 23.3 Å². The number of nitrogens with one attached hydrogen (secondary N) is 1. The average Bonchev–Trinajstić information content (AvgIpc) is 3.22. The van der Waals surface area contributed by atoms with Crippen LogP contribution >= 0.6 is 0 Å². The van der Waals surface area contributed by atoms with Gasteiger partial charge in [-0.3, -0.25) is 10.2 Å². The molecule has 0 saturated carbocycles. The van der Waals surface area contributed by atoms with Gasteiger partial charge in [0.05, 0.1) is 17.0 Å². The Kier molecular flexibility index (Phi) is 6.78. The lowest BCUT2D eigenvalue weighted by Gasteiger charge is -2.26. The minimum Gasteiger partial charge on any atom is -0.494 e. The number of fused-ring (bicyclic) bond motifs is 1. The van der Waals surface area contributed by atoms with Gasteiger partial charge in [-0.05, 0) is 68.8 Å². The fourth-order valence-electron chi connectivity index (χ4n) is 4.11. The molecule has 3 N–H and O–H groups in total. The van der Waals surface area contributed by atoms with E-state index in [9.17, 15) is 13.2 Å². The second-order valence-electron chi connectivity index (χ2n) is 7.91. The number of piperidine rings is 1. The molecule has 0 aliphatic carbocycles. The highest BCUT2D eigenvalue weighted by atomic mass is 32.2. The molecule has 1 aliphatic heterocycles. The molecule has 0 radical (unpaired) electrons. The molecule has 2 heterocycles. The Bertz CT molecular complexity index is 1190. The molecule has 1 aromatic heterocycles. The smallest absolute Gasteiger partial charge is 0.282 e. The van der Waals surface area contributed by atoms with E-state index in [-0.39, 0.29) is 10.6 Å². The summed E-state index contributed by atoms with van der Waals surface area (Å²) >= 11 is 0. The van der Waals surface area contributed by atoms with Crippen LogP contribution in [0.3, 0.4) is 0 Å². The first-order chi connectivity index (χ1) is 15.5. The van der Waals surface area contributed by atoms with E-state index in [1.54, 1.807) is 36.4 Å². The van der Waals surface area contributed by atoms with Gasteiger partial charge in [-0.2, -0.15) is 0 Å². The molecule has 32 heavy (non-hydrogen) atoms. The molecule has 170 valence electrons. The number of rotatable bonds is 8. The molecule has 8 nitrogen and oxygen atoms in total. The summed E-state index contributed by atoms with van der Waals surface area (Å²) in [4.78, 5) is 14.9. The van der Waals surface area contributed by atoms with E-state index in [1.165, 1.54) is 37.5 Å². The summed E-state index contributed by atoms with van der Waals surface area (Å²) in [5, 5.41) is 0.580. The lowest BCUT2D eigenvalue weighted by Crippen LogP contribution is -2.33. The van der Waals surface area contributed by atoms with Gasteiger partial charge in [0.25, 0.3) is 15.9 Å². The summed E-state index contributed by atoms with van der Waals surface area (Å²) in [6.07, 6.45) is 4.76. The number of benzene rings is 2. The number of nitrogens with zero attached hydrogens (tertiary/aromatic N) is 2. The Morgan fingerprint density at radius 1 is 1.03 bits per heavy atom. The number of ether oxygens (including phenoxy) is 1. The molecule has 0 unspecified atom stereocenters. The summed E-state index contributed by atoms with van der Waals surface area (Å²) in [5.74, 6) is 5.25. The van der Waals surface area contributed by atoms with Crippen LogP contribution in [0.4, 0.5) is 0 Å². The summed E-state index contributed by atoms with van der Waals surface area (Å²) in [6.45, 7) is 3.89. The fourth-order valence-corrected chi connectivity index (χ4v) is 5.64. The maximum absolute atomic E-state index is 13.3. The van der Waals surface area contributed by atoms with Crippen LogP contribution in [0.5, 0.6) is 5.75 Å². The van der Waals surface area contributed by atoms with Crippen LogP contribution in [0.25, 0.3) is 10.9 Å². The molecule has 4 rings (SSSR count). The Morgan fingerprint density at radius 2 is 1.78 bits per heavy atom. The molecule has 9 heteroatoms. The van der Waals surface area contributed by atoms with Crippen molar-refractivity contribution in [3.63, 3.8) is 0 Å². The third-order valence-corrected chi connectivity index (χ3v) is 7.45. The Hall–Kier alpha value is -2.88. The van der Waals surface area contributed by atoms with Crippen LogP contribution in [0.1, 0.15) is 36.2 Å². The number of nitrogen functional groups attached to an aromatic ring is 1. The number of carbonyl (C=O) groups excluding carboxylic acids is 1. The van der Waals surface area contributed by atoms with Gasteiger partial charge in [0, 0.05) is 11.9 Å². The second kappa shape index (κ2) is 9.72. The van der Waals surface area contributed by atoms with Crippen LogP contribution < -0.4 is 16.0 Å². The van der Waals surface area contributed by atoms with Crippen molar-refractivity contribution in [1.29, 1.82) is 0 Å². The van der Waals surface area contributed by atoms with Gasteiger partial charge in [-0.1, -0.05) is 24.6 Å². The highest BCUT2D eigenvalue weighted by Gasteiger charge is 2.26. The first-order valence-electron chi connectivity index (χ1n) is 10.8. The minimum absolute atomic E-state index is 0.0615. The normalized spacial score (nSPS) is 15.0. The number of carbonyl (C=O) groups is 1. The summed E-state index contributed by atoms with van der Waals surface area (Å²) < 4.78 is 33.5. The first-order valence-corrected chi connectivity index (χ1v) is 12.3. The molecule has 1 fully saturated rings. The third-order valence-electron chi connectivity index (χ3n) is 5.71. The monoisotopic (exact) mass is 456 g/mol. The van der Waals surface area contributed by atoms with Crippen LogP contribution in [-0.4, -0.2) is 49.4 Å². The second-order valence-corrected chi connectivity index (χ2v) is 9.70. The van der Waals surface area contributed by atoms with Gasteiger partial charge in [-0.15, -0.1) is 0 Å². The van der Waals surface area contributed by atoms with E-state index in [0.717, 1.165) is 30.0 Å². The maximum Gasteiger partial charge on any atom is 0.282 e. The molecular weight excluding hydrogens is 428 g/mol. The number of hydrazine groups is 1. The lowest BCUT2D eigenvalue weighted by atomic mass is 10.1. The van der Waals surface area contributed by atoms with Crippen molar-refractivity contribution < 1.29 is 17.9 Å². The van der Waals surface area contributed by atoms with Crippen molar-refractivity contribution in [2.24, 2.45) is 5.84 Å². The summed E-state index contributed by atoms with van der Waals surface area (Å²) in [5.41, 5.74) is 2.35. The molecule has 0 spiro atoms. The Labute approximate surface area is 188 Å². The molecule has 0 bridgehead atoms. The van der Waals surface area contributed by atoms with Crippen LogP contribution in [0, 0.1) is 0 Å². The van der Waals surface area contributed by atoms with E-state index < -0.39 is 15.9 Å². The molecule has 1 amide bonds. The Balaban J connectivity index is 1.58. The maximum atomic E-state index is 13.3. The highest BCUT2D eigenvalue weighted by Crippen LogP contribution is 2.29. The van der Waals surface area contributed by atoms with Crippen LogP contribution in [0.15, 0.2) is 59.5 Å². The molecule has 1 saturated heterocycles. The predicted octanol–water partition coefficient (Wildman–Crippen LogP) is 2.74. The fraction of sp³-hybridized carbons (Fsp3) is 0.348. The molecule has 2 aromatic carbocycles. The zero-order chi connectivity index (χ0) is 22.6. The van der Waals surface area contributed by atoms with Gasteiger partial charge in [0.1, 0.15) is 11.4 Å². The topological polar surface area (TPSA) is 107 Å². The molecule has 3 aromatic rings. The Morgan fingerprint density at radius 3 is 2.50 bits per heavy atom. The molecular formula is C23H28N4O4S. The third kappa shape index (κ3) is 4.64. The highest BCUT2D eigenvalue weighted by molar-refractivity contribution is 7.90. The summed E-state index contributed by atoms with van der Waals surface area (Å²) in [6, 6.07) is 14.6. The van der Waals surface area contributed by atoms with Crippen molar-refractivity contribution in [2.45, 2.75) is 30.6 Å². The van der Waals surface area contributed by atoms with Gasteiger partial charge in [0.15, 0.2) is 0 Å². The van der Waals surface area contributed by atoms with E-state index in [1.807, 2.05) is 5.43 Å². The number of amides is 1. The first kappa shape index (κ1) is 22.3. The van der Waals surface area contributed by atoms with Crippen molar-refractivity contribution in [1.82, 2.24) is 14.3 Å². The van der Waals surface area contributed by atoms with Crippen molar-refractivity contribution >= 4 is 26.8 Å². The summed E-state index contributed by atoms with van der Waals surface area (Å²) in [7, 11) is -4.00. The predicted molar refractivity (Wildman–Crippen MR) is 123 cm³/mol.